The lowest BCUT2D eigenvalue weighted by Crippen LogP contribution is -2.33. The summed E-state index contributed by atoms with van der Waals surface area (Å²) >= 11 is 5.91. The van der Waals surface area contributed by atoms with Crippen LogP contribution in [0.3, 0.4) is 0 Å². The number of hydrogen-bond acceptors (Lipinski definition) is 2. The highest BCUT2D eigenvalue weighted by molar-refractivity contribution is 6.31. The van der Waals surface area contributed by atoms with E-state index in [0.717, 1.165) is 19.4 Å². The number of hydrogen-bond donors (Lipinski definition) is 1. The van der Waals surface area contributed by atoms with Crippen molar-refractivity contribution in [2.45, 2.75) is 25.8 Å². The summed E-state index contributed by atoms with van der Waals surface area (Å²) in [4.78, 5) is 14.2. The Labute approximate surface area is 113 Å². The lowest BCUT2D eigenvalue weighted by Gasteiger charge is -2.16. The summed E-state index contributed by atoms with van der Waals surface area (Å²) in [6.07, 6.45) is 3.93. The molecule has 1 aromatic heterocycles. The van der Waals surface area contributed by atoms with Gasteiger partial charge in [-0.1, -0.05) is 24.9 Å². The lowest BCUT2D eigenvalue weighted by molar-refractivity contribution is 0.0776. The van der Waals surface area contributed by atoms with Crippen molar-refractivity contribution in [3.05, 3.63) is 23.0 Å². The van der Waals surface area contributed by atoms with Crippen LogP contribution in [0.1, 0.15) is 30.3 Å². The third-order valence-corrected chi connectivity index (χ3v) is 3.84. The molecule has 2 heterocycles. The van der Waals surface area contributed by atoms with Gasteiger partial charge in [0.1, 0.15) is 5.69 Å². The van der Waals surface area contributed by atoms with E-state index < -0.39 is 0 Å². The van der Waals surface area contributed by atoms with Crippen molar-refractivity contribution in [3.8, 4) is 0 Å². The first-order valence-electron chi connectivity index (χ1n) is 6.39. The summed E-state index contributed by atoms with van der Waals surface area (Å²) in [5.41, 5.74) is 6.72. The van der Waals surface area contributed by atoms with Crippen LogP contribution in [0.5, 0.6) is 0 Å². The fraction of sp³-hybridized carbons (Fsp3) is 0.615. The number of amides is 1. The van der Waals surface area contributed by atoms with Crippen molar-refractivity contribution in [2.24, 2.45) is 18.7 Å². The quantitative estimate of drug-likeness (QED) is 0.911. The topological polar surface area (TPSA) is 51.3 Å². The monoisotopic (exact) mass is 269 g/mol. The average molecular weight is 270 g/mol. The molecule has 18 heavy (non-hydrogen) atoms. The van der Waals surface area contributed by atoms with Gasteiger partial charge in [-0.25, -0.2) is 0 Å². The molecule has 1 fully saturated rings. The van der Waals surface area contributed by atoms with E-state index in [9.17, 15) is 4.79 Å². The Bertz CT molecular complexity index is 443. The lowest BCUT2D eigenvalue weighted by atomic mass is 9.99. The molecule has 1 aliphatic rings. The predicted molar refractivity (Wildman–Crippen MR) is 72.7 cm³/mol. The zero-order valence-electron chi connectivity index (χ0n) is 10.9. The van der Waals surface area contributed by atoms with Crippen LogP contribution in [0.15, 0.2) is 12.3 Å². The molecule has 0 spiro atoms. The number of aromatic nitrogens is 1. The molecular formula is C13H20ClN3O. The van der Waals surface area contributed by atoms with Crippen LogP contribution in [0.25, 0.3) is 0 Å². The number of halogens is 1. The molecule has 1 aromatic rings. The van der Waals surface area contributed by atoms with Crippen LogP contribution in [-0.2, 0) is 7.05 Å². The van der Waals surface area contributed by atoms with E-state index in [4.69, 9.17) is 17.3 Å². The van der Waals surface area contributed by atoms with Gasteiger partial charge in [0, 0.05) is 32.4 Å². The second kappa shape index (κ2) is 5.33. The van der Waals surface area contributed by atoms with Crippen LogP contribution < -0.4 is 5.73 Å². The fourth-order valence-electron chi connectivity index (χ4n) is 2.64. The fourth-order valence-corrected chi connectivity index (χ4v) is 2.89. The second-order valence-electron chi connectivity index (χ2n) is 5.08. The first kappa shape index (κ1) is 13.4. The van der Waals surface area contributed by atoms with E-state index in [1.54, 1.807) is 16.8 Å². The Morgan fingerprint density at radius 2 is 2.28 bits per heavy atom. The first-order valence-corrected chi connectivity index (χ1v) is 6.77. The summed E-state index contributed by atoms with van der Waals surface area (Å²) in [5, 5.41) is 0.592. The number of carbonyl (C=O) groups excluding carboxylic acids is 1. The number of likely N-dealkylation sites (tertiary alicyclic amines) is 1. The normalized spacial score (nSPS) is 23.7. The maximum Gasteiger partial charge on any atom is 0.270 e. The zero-order chi connectivity index (χ0) is 13.3. The molecule has 4 nitrogen and oxygen atoms in total. The summed E-state index contributed by atoms with van der Waals surface area (Å²) < 4.78 is 1.77. The molecule has 5 heteroatoms. The highest BCUT2D eigenvalue weighted by Gasteiger charge is 2.33. The summed E-state index contributed by atoms with van der Waals surface area (Å²) in [5.74, 6) is 0.452. The minimum atomic E-state index is 0.0263. The van der Waals surface area contributed by atoms with E-state index in [0.29, 0.717) is 23.2 Å². The highest BCUT2D eigenvalue weighted by Crippen LogP contribution is 2.23. The van der Waals surface area contributed by atoms with Gasteiger partial charge in [0.25, 0.3) is 5.91 Å². The van der Waals surface area contributed by atoms with Gasteiger partial charge in [0.2, 0.25) is 0 Å². The Hall–Kier alpha value is -1.00. The van der Waals surface area contributed by atoms with Crippen LogP contribution in [-0.4, -0.2) is 34.5 Å². The van der Waals surface area contributed by atoms with E-state index in [-0.39, 0.29) is 11.9 Å². The zero-order valence-corrected chi connectivity index (χ0v) is 11.7. The molecule has 1 saturated heterocycles. The molecule has 2 rings (SSSR count). The van der Waals surface area contributed by atoms with Gasteiger partial charge >= 0.3 is 0 Å². The number of aryl methyl sites for hydroxylation is 1. The molecule has 2 atom stereocenters. The van der Waals surface area contributed by atoms with Gasteiger partial charge in [-0.3, -0.25) is 4.79 Å². The van der Waals surface area contributed by atoms with Gasteiger partial charge in [-0.2, -0.15) is 0 Å². The molecule has 2 N–H and O–H groups in total. The second-order valence-corrected chi connectivity index (χ2v) is 5.51. The minimum absolute atomic E-state index is 0.0263. The Kier molecular flexibility index (Phi) is 3.97. The SMILES string of the molecule is CCC[C@@H]1CN(C(=O)c2cc(Cl)cn2C)C[C@H]1N. The maximum absolute atomic E-state index is 12.4. The van der Waals surface area contributed by atoms with E-state index in [2.05, 4.69) is 6.92 Å². The highest BCUT2D eigenvalue weighted by atomic mass is 35.5. The Morgan fingerprint density at radius 1 is 1.56 bits per heavy atom. The smallest absolute Gasteiger partial charge is 0.270 e. The standard InChI is InChI=1S/C13H20ClN3O/c1-3-4-9-6-17(8-11(9)15)13(18)12-5-10(14)7-16(12)2/h5,7,9,11H,3-4,6,8,15H2,1-2H3/t9-,11-/m1/s1. The molecule has 0 unspecified atom stereocenters. The molecular weight excluding hydrogens is 250 g/mol. The maximum atomic E-state index is 12.4. The van der Waals surface area contributed by atoms with Gasteiger partial charge in [-0.05, 0) is 18.4 Å². The van der Waals surface area contributed by atoms with E-state index >= 15 is 0 Å². The summed E-state index contributed by atoms with van der Waals surface area (Å²) in [6, 6.07) is 1.81. The molecule has 1 aliphatic heterocycles. The first-order chi connectivity index (χ1) is 8.52. The predicted octanol–water partition coefficient (Wildman–Crippen LogP) is 1.88. The van der Waals surface area contributed by atoms with Crippen LogP contribution in [0.4, 0.5) is 0 Å². The van der Waals surface area contributed by atoms with Crippen molar-refractivity contribution in [3.63, 3.8) is 0 Å². The van der Waals surface area contributed by atoms with Gasteiger partial charge in [-0.15, -0.1) is 0 Å². The van der Waals surface area contributed by atoms with Crippen LogP contribution in [0.2, 0.25) is 5.02 Å². The average Bonchev–Trinajstić information content (AvgIpc) is 2.83. The molecule has 0 aromatic carbocycles. The van der Waals surface area contributed by atoms with Gasteiger partial charge in [0.15, 0.2) is 0 Å². The van der Waals surface area contributed by atoms with E-state index in [1.165, 1.54) is 0 Å². The largest absolute Gasteiger partial charge is 0.345 e. The van der Waals surface area contributed by atoms with Crippen molar-refractivity contribution in [1.29, 1.82) is 0 Å². The van der Waals surface area contributed by atoms with Gasteiger partial charge < -0.3 is 15.2 Å². The van der Waals surface area contributed by atoms with Crippen molar-refractivity contribution >= 4 is 17.5 Å². The number of nitrogens with two attached hydrogens (primary N) is 1. The van der Waals surface area contributed by atoms with Gasteiger partial charge in [0.05, 0.1) is 5.02 Å². The third-order valence-electron chi connectivity index (χ3n) is 3.63. The molecule has 0 bridgehead atoms. The molecule has 0 saturated carbocycles. The summed E-state index contributed by atoms with van der Waals surface area (Å²) in [7, 11) is 1.83. The minimum Gasteiger partial charge on any atom is -0.345 e. The Morgan fingerprint density at radius 3 is 2.83 bits per heavy atom. The number of nitrogens with zero attached hydrogens (tertiary/aromatic N) is 2. The Balaban J connectivity index is 2.09. The van der Waals surface area contributed by atoms with Crippen molar-refractivity contribution in [1.82, 2.24) is 9.47 Å². The molecule has 0 aliphatic carbocycles. The van der Waals surface area contributed by atoms with Crippen LogP contribution >= 0.6 is 11.6 Å². The molecule has 100 valence electrons. The number of rotatable bonds is 3. The summed E-state index contributed by atoms with van der Waals surface area (Å²) in [6.45, 7) is 3.55. The van der Waals surface area contributed by atoms with E-state index in [1.807, 2.05) is 11.9 Å². The van der Waals surface area contributed by atoms with Crippen LogP contribution in [0, 0.1) is 5.92 Å². The van der Waals surface area contributed by atoms with Crippen molar-refractivity contribution < 1.29 is 4.79 Å². The number of carbonyl (C=O) groups is 1. The third kappa shape index (κ3) is 2.54. The molecule has 0 radical (unpaired) electrons. The molecule has 1 amide bonds. The van der Waals surface area contributed by atoms with Crippen molar-refractivity contribution in [2.75, 3.05) is 13.1 Å².